The van der Waals surface area contributed by atoms with Crippen molar-refractivity contribution in [3.05, 3.63) is 41.2 Å². The number of imidazole rings is 1. The van der Waals surface area contributed by atoms with Gasteiger partial charge in [-0.15, -0.1) is 0 Å². The summed E-state index contributed by atoms with van der Waals surface area (Å²) >= 11 is 0. The highest BCUT2D eigenvalue weighted by Crippen LogP contribution is 2.43. The fourth-order valence-electron chi connectivity index (χ4n) is 3.41. The number of aromatic amines is 1. The van der Waals surface area contributed by atoms with Crippen molar-refractivity contribution >= 4 is 16.8 Å². The molecule has 5 nitrogen and oxygen atoms in total. The minimum atomic E-state index is 0.255. The molecule has 0 radical (unpaired) electrons. The van der Waals surface area contributed by atoms with Crippen LogP contribution in [0.3, 0.4) is 0 Å². The number of Topliss-reactive ketones (excluding diaryl/α,β-unsaturated/α-hetero) is 1. The molecule has 1 saturated carbocycles. The van der Waals surface area contributed by atoms with Crippen molar-refractivity contribution in [2.45, 2.75) is 38.0 Å². The summed E-state index contributed by atoms with van der Waals surface area (Å²) in [6.45, 7) is 0. The molecule has 0 spiro atoms. The first-order valence-corrected chi connectivity index (χ1v) is 7.91. The predicted molar refractivity (Wildman–Crippen MR) is 82.5 cm³/mol. The summed E-state index contributed by atoms with van der Waals surface area (Å²) in [4.78, 5) is 20.3. The second kappa shape index (κ2) is 4.29. The van der Waals surface area contributed by atoms with E-state index in [9.17, 15) is 4.79 Å². The number of hydrogen-bond acceptors (Lipinski definition) is 3. The van der Waals surface area contributed by atoms with Gasteiger partial charge in [0.2, 0.25) is 5.95 Å². The Labute approximate surface area is 127 Å². The lowest BCUT2D eigenvalue weighted by molar-refractivity contribution is 0.0971. The van der Waals surface area contributed by atoms with Crippen LogP contribution < -0.4 is 0 Å². The van der Waals surface area contributed by atoms with E-state index in [0.29, 0.717) is 12.3 Å². The number of fused-ring (bicyclic) bond motifs is 2. The first-order chi connectivity index (χ1) is 10.8. The van der Waals surface area contributed by atoms with Gasteiger partial charge in [0.1, 0.15) is 0 Å². The average Bonchev–Trinajstić information content (AvgIpc) is 3.16. The minimum Gasteiger partial charge on any atom is -0.322 e. The Hall–Kier alpha value is -2.43. The first-order valence-electron chi connectivity index (χ1n) is 7.91. The molecule has 3 aromatic rings. The van der Waals surface area contributed by atoms with Crippen molar-refractivity contribution in [2.24, 2.45) is 0 Å². The molecule has 2 aliphatic rings. The zero-order valence-electron chi connectivity index (χ0n) is 12.2. The molecule has 1 fully saturated rings. The molecule has 0 unspecified atom stereocenters. The van der Waals surface area contributed by atoms with Crippen LogP contribution in [0.25, 0.3) is 17.0 Å². The maximum atomic E-state index is 12.4. The second-order valence-electron chi connectivity index (χ2n) is 6.25. The van der Waals surface area contributed by atoms with Crippen LogP contribution in [0.1, 0.15) is 53.3 Å². The minimum absolute atomic E-state index is 0.255. The van der Waals surface area contributed by atoms with Crippen LogP contribution in [0.5, 0.6) is 0 Å². The van der Waals surface area contributed by atoms with Gasteiger partial charge >= 0.3 is 0 Å². The van der Waals surface area contributed by atoms with Crippen molar-refractivity contribution in [3.63, 3.8) is 0 Å². The monoisotopic (exact) mass is 292 g/mol. The van der Waals surface area contributed by atoms with E-state index < -0.39 is 0 Å². The third kappa shape index (κ3) is 1.68. The van der Waals surface area contributed by atoms with Gasteiger partial charge in [-0.3, -0.25) is 4.79 Å². The van der Waals surface area contributed by atoms with Gasteiger partial charge in [0, 0.05) is 12.3 Å². The van der Waals surface area contributed by atoms with E-state index >= 15 is 0 Å². The molecule has 0 amide bonds. The van der Waals surface area contributed by atoms with Crippen LogP contribution in [0.2, 0.25) is 0 Å². The molecule has 2 aliphatic carbocycles. The molecule has 0 saturated heterocycles. The Balaban J connectivity index is 1.74. The van der Waals surface area contributed by atoms with Crippen molar-refractivity contribution in [1.82, 2.24) is 19.7 Å². The molecule has 110 valence electrons. The lowest BCUT2D eigenvalue weighted by Gasteiger charge is -2.12. The van der Waals surface area contributed by atoms with Gasteiger partial charge < -0.3 is 4.98 Å². The quantitative estimate of drug-likeness (QED) is 0.789. The summed E-state index contributed by atoms with van der Waals surface area (Å²) in [5.74, 6) is 1.45. The molecule has 2 heterocycles. The molecule has 22 heavy (non-hydrogen) atoms. The highest BCUT2D eigenvalue weighted by molar-refractivity contribution is 5.99. The lowest BCUT2D eigenvalue weighted by Crippen LogP contribution is -2.14. The summed E-state index contributed by atoms with van der Waals surface area (Å²) < 4.78 is 1.88. The van der Waals surface area contributed by atoms with Gasteiger partial charge in [-0.05, 0) is 37.8 Å². The number of aromatic nitrogens is 4. The molecule has 5 heteroatoms. The van der Waals surface area contributed by atoms with Crippen molar-refractivity contribution < 1.29 is 4.79 Å². The van der Waals surface area contributed by atoms with Crippen LogP contribution >= 0.6 is 0 Å². The van der Waals surface area contributed by atoms with Crippen molar-refractivity contribution in [1.29, 1.82) is 0 Å². The van der Waals surface area contributed by atoms with Gasteiger partial charge in [0.15, 0.2) is 5.78 Å². The largest absolute Gasteiger partial charge is 0.322 e. The second-order valence-corrected chi connectivity index (χ2v) is 6.25. The van der Waals surface area contributed by atoms with Gasteiger partial charge in [-0.2, -0.15) is 5.10 Å². The fraction of sp³-hybridized carbons (Fsp3) is 0.353. The Morgan fingerprint density at radius 1 is 1.18 bits per heavy atom. The number of nitrogens with zero attached hydrogens (tertiary/aromatic N) is 3. The van der Waals surface area contributed by atoms with E-state index in [4.69, 9.17) is 5.10 Å². The average molecular weight is 292 g/mol. The molecule has 1 N–H and O–H groups in total. The number of H-pyrrole nitrogens is 1. The summed E-state index contributed by atoms with van der Waals surface area (Å²) in [5, 5.41) is 4.77. The van der Waals surface area contributed by atoms with E-state index in [-0.39, 0.29) is 5.78 Å². The smallest absolute Gasteiger partial charge is 0.229 e. The number of carbonyl (C=O) groups is 1. The normalized spacial score (nSPS) is 17.9. The zero-order valence-corrected chi connectivity index (χ0v) is 12.2. The Morgan fingerprint density at radius 2 is 2.05 bits per heavy atom. The summed E-state index contributed by atoms with van der Waals surface area (Å²) in [5.41, 5.74) is 4.85. The van der Waals surface area contributed by atoms with E-state index in [0.717, 1.165) is 59.6 Å². The summed E-state index contributed by atoms with van der Waals surface area (Å²) in [6, 6.07) is 7.96. The topological polar surface area (TPSA) is 63.6 Å². The number of rotatable bonds is 2. The van der Waals surface area contributed by atoms with Gasteiger partial charge in [-0.1, -0.05) is 12.1 Å². The zero-order chi connectivity index (χ0) is 14.7. The Kier molecular flexibility index (Phi) is 2.37. The van der Waals surface area contributed by atoms with Gasteiger partial charge in [-0.25, -0.2) is 9.67 Å². The highest BCUT2D eigenvalue weighted by atomic mass is 16.1. The van der Waals surface area contributed by atoms with Crippen LogP contribution in [0.4, 0.5) is 0 Å². The van der Waals surface area contributed by atoms with E-state index in [1.54, 1.807) is 0 Å². The van der Waals surface area contributed by atoms with E-state index in [1.807, 2.05) is 28.9 Å². The Bertz CT molecular complexity index is 868. The van der Waals surface area contributed by atoms with E-state index in [2.05, 4.69) is 9.97 Å². The third-order valence-electron chi connectivity index (χ3n) is 4.65. The first kappa shape index (κ1) is 12.1. The molecular formula is C17H16N4O. The fourth-order valence-corrected chi connectivity index (χ4v) is 3.41. The van der Waals surface area contributed by atoms with Crippen LogP contribution in [0.15, 0.2) is 24.3 Å². The standard InChI is InChI=1S/C17H16N4O/c22-14-7-3-6-13-15(14)16(10-8-9-10)20-21(13)17-18-11-4-1-2-5-12(11)19-17/h1-2,4-5,10H,3,6-9H2,(H,18,19). The summed E-state index contributed by atoms with van der Waals surface area (Å²) in [7, 11) is 0. The lowest BCUT2D eigenvalue weighted by atomic mass is 9.93. The number of para-hydroxylation sites is 2. The SMILES string of the molecule is O=C1CCCc2c1c(C1CC1)nn2-c1nc2ccccc2[nH]1. The molecular weight excluding hydrogens is 276 g/mol. The number of ketones is 1. The van der Waals surface area contributed by atoms with Crippen molar-refractivity contribution in [2.75, 3.05) is 0 Å². The molecule has 1 aromatic carbocycles. The maximum Gasteiger partial charge on any atom is 0.229 e. The van der Waals surface area contributed by atoms with E-state index in [1.165, 1.54) is 0 Å². The number of benzene rings is 1. The molecule has 2 aromatic heterocycles. The number of nitrogens with one attached hydrogen (secondary N) is 1. The maximum absolute atomic E-state index is 12.4. The third-order valence-corrected chi connectivity index (χ3v) is 4.65. The number of carbonyl (C=O) groups excluding carboxylic acids is 1. The van der Waals surface area contributed by atoms with Crippen LogP contribution in [0, 0.1) is 0 Å². The van der Waals surface area contributed by atoms with Gasteiger partial charge in [0.05, 0.1) is 28.0 Å². The van der Waals surface area contributed by atoms with Crippen LogP contribution in [-0.2, 0) is 6.42 Å². The number of hydrogen-bond donors (Lipinski definition) is 1. The summed E-state index contributed by atoms with van der Waals surface area (Å²) in [6.07, 6.45) is 4.76. The molecule has 5 rings (SSSR count). The molecule has 0 aliphatic heterocycles. The van der Waals surface area contributed by atoms with Gasteiger partial charge in [0.25, 0.3) is 0 Å². The highest BCUT2D eigenvalue weighted by Gasteiger charge is 2.36. The molecule has 0 bridgehead atoms. The molecule has 0 atom stereocenters. The predicted octanol–water partition coefficient (Wildman–Crippen LogP) is 3.15. The van der Waals surface area contributed by atoms with Crippen LogP contribution in [-0.4, -0.2) is 25.5 Å². The van der Waals surface area contributed by atoms with Crippen molar-refractivity contribution in [3.8, 4) is 5.95 Å². The Morgan fingerprint density at radius 3 is 2.86 bits per heavy atom.